The fraction of sp³-hybridized carbons (Fsp3) is 0.444. The first-order valence-electron chi connectivity index (χ1n) is 11.9. The van der Waals surface area contributed by atoms with Crippen LogP contribution in [-0.2, 0) is 11.3 Å². The van der Waals surface area contributed by atoms with E-state index in [0.29, 0.717) is 38.1 Å². The maximum absolute atomic E-state index is 14.5. The number of aliphatic hydroxyl groups is 1. The third kappa shape index (κ3) is 7.13. The number of hydrogen-bond donors (Lipinski definition) is 1. The van der Waals surface area contributed by atoms with Gasteiger partial charge in [-0.1, -0.05) is 51.1 Å². The Balaban J connectivity index is 1.89. The highest BCUT2D eigenvalue weighted by Crippen LogP contribution is 2.32. The monoisotopic (exact) mass is 469 g/mol. The van der Waals surface area contributed by atoms with E-state index in [2.05, 4.69) is 25.7 Å². The molecule has 0 aliphatic heterocycles. The molecule has 6 nitrogen and oxygen atoms in total. The van der Waals surface area contributed by atoms with E-state index in [9.17, 15) is 9.50 Å². The van der Waals surface area contributed by atoms with Gasteiger partial charge in [-0.15, -0.1) is 0 Å². The lowest BCUT2D eigenvalue weighted by Crippen LogP contribution is -2.35. The topological polar surface area (TPSA) is 59.8 Å². The second-order valence-corrected chi connectivity index (χ2v) is 8.97. The molecule has 0 bridgehead atoms. The number of rotatable bonds is 13. The van der Waals surface area contributed by atoms with Gasteiger partial charge in [0.05, 0.1) is 29.7 Å². The number of benzene rings is 2. The quantitative estimate of drug-likeness (QED) is 0.365. The molecule has 1 N–H and O–H groups in total. The molecule has 34 heavy (non-hydrogen) atoms. The molecule has 0 saturated carbocycles. The number of halogens is 1. The fourth-order valence-corrected chi connectivity index (χ4v) is 3.77. The number of ether oxygens (including phenoxy) is 2. The van der Waals surface area contributed by atoms with Crippen LogP contribution in [0, 0.1) is 18.7 Å². The van der Waals surface area contributed by atoms with Crippen molar-refractivity contribution in [2.24, 2.45) is 5.92 Å². The first-order chi connectivity index (χ1) is 16.4. The molecule has 3 aromatic rings. The van der Waals surface area contributed by atoms with Crippen LogP contribution in [0.4, 0.5) is 4.39 Å². The zero-order valence-corrected chi connectivity index (χ0v) is 20.6. The molecule has 184 valence electrons. The van der Waals surface area contributed by atoms with Crippen molar-refractivity contribution >= 4 is 0 Å². The molecule has 0 radical (unpaired) electrons. The second kappa shape index (κ2) is 12.6. The van der Waals surface area contributed by atoms with Crippen molar-refractivity contribution in [1.82, 2.24) is 14.7 Å². The van der Waals surface area contributed by atoms with Crippen LogP contribution in [0.1, 0.15) is 38.4 Å². The molecule has 1 aromatic heterocycles. The van der Waals surface area contributed by atoms with Crippen LogP contribution in [0.5, 0.6) is 11.6 Å². The van der Waals surface area contributed by atoms with Crippen LogP contribution in [0.2, 0.25) is 0 Å². The zero-order valence-electron chi connectivity index (χ0n) is 20.6. The number of nitrogens with zero attached hydrogens (tertiary/aromatic N) is 3. The Kier molecular flexibility index (Phi) is 9.62. The predicted molar refractivity (Wildman–Crippen MR) is 132 cm³/mol. The summed E-state index contributed by atoms with van der Waals surface area (Å²) in [6, 6.07) is 16.0. The van der Waals surface area contributed by atoms with Gasteiger partial charge >= 0.3 is 0 Å². The van der Waals surface area contributed by atoms with Crippen LogP contribution < -0.4 is 4.74 Å². The van der Waals surface area contributed by atoms with Gasteiger partial charge in [0.15, 0.2) is 11.6 Å². The smallest absolute Gasteiger partial charge is 0.227 e. The summed E-state index contributed by atoms with van der Waals surface area (Å²) >= 11 is 0. The molecular weight excluding hydrogens is 433 g/mol. The van der Waals surface area contributed by atoms with Crippen LogP contribution in [-0.4, -0.2) is 52.2 Å². The largest absolute Gasteiger partial charge is 0.435 e. The van der Waals surface area contributed by atoms with Gasteiger partial charge in [0.2, 0.25) is 5.88 Å². The molecule has 2 aromatic carbocycles. The first kappa shape index (κ1) is 25.9. The maximum Gasteiger partial charge on any atom is 0.227 e. The summed E-state index contributed by atoms with van der Waals surface area (Å²) in [5.41, 5.74) is 2.48. The summed E-state index contributed by atoms with van der Waals surface area (Å²) in [6.45, 7) is 10.9. The summed E-state index contributed by atoms with van der Waals surface area (Å²) in [4.78, 5) is 2.16. The predicted octanol–water partition coefficient (Wildman–Crippen LogP) is 5.36. The fourth-order valence-electron chi connectivity index (χ4n) is 3.77. The number of aryl methyl sites for hydroxylation is 1. The Hall–Kier alpha value is -2.74. The van der Waals surface area contributed by atoms with Gasteiger partial charge in [-0.25, -0.2) is 9.07 Å². The third-order valence-corrected chi connectivity index (χ3v) is 5.33. The van der Waals surface area contributed by atoms with E-state index in [4.69, 9.17) is 14.6 Å². The normalized spacial score (nSPS) is 12.5. The molecule has 0 spiro atoms. The summed E-state index contributed by atoms with van der Waals surface area (Å²) in [5, 5.41) is 15.3. The summed E-state index contributed by atoms with van der Waals surface area (Å²) in [5.74, 6) is 0.601. The third-order valence-electron chi connectivity index (χ3n) is 5.33. The molecule has 1 atom stereocenters. The van der Waals surface area contributed by atoms with Gasteiger partial charge < -0.3 is 14.6 Å². The Morgan fingerprint density at radius 3 is 2.44 bits per heavy atom. The van der Waals surface area contributed by atoms with Gasteiger partial charge in [0.25, 0.3) is 0 Å². The Bertz CT molecular complexity index is 1020. The maximum atomic E-state index is 14.5. The Morgan fingerprint density at radius 2 is 1.76 bits per heavy atom. The van der Waals surface area contributed by atoms with E-state index in [1.54, 1.807) is 22.9 Å². The molecule has 7 heteroatoms. The van der Waals surface area contributed by atoms with Gasteiger partial charge in [0.1, 0.15) is 0 Å². The highest BCUT2D eigenvalue weighted by atomic mass is 19.1. The van der Waals surface area contributed by atoms with E-state index in [-0.39, 0.29) is 5.75 Å². The Labute approximate surface area is 201 Å². The van der Waals surface area contributed by atoms with E-state index in [1.165, 1.54) is 6.07 Å². The minimum atomic E-state index is -0.606. The molecule has 0 aliphatic carbocycles. The van der Waals surface area contributed by atoms with Crippen LogP contribution in [0.15, 0.2) is 54.6 Å². The van der Waals surface area contributed by atoms with Crippen molar-refractivity contribution in [2.75, 3.05) is 26.3 Å². The van der Waals surface area contributed by atoms with Crippen molar-refractivity contribution in [1.29, 1.82) is 0 Å². The van der Waals surface area contributed by atoms with Crippen LogP contribution in [0.3, 0.4) is 0 Å². The standard InChI is InChI=1S/C27H36FN3O3/c1-5-15-30(16-23(32)19-33-18-20(2)3)17-24-21(4)29-31(22-11-7-6-8-12-22)27(24)34-26-14-10-9-13-25(26)28/h6-14,20,23,32H,5,15-19H2,1-4H3/t23-/m0/s1. The van der Waals surface area contributed by atoms with E-state index < -0.39 is 11.9 Å². The molecule has 0 fully saturated rings. The molecule has 0 unspecified atom stereocenters. The average molecular weight is 470 g/mol. The Morgan fingerprint density at radius 1 is 1.06 bits per heavy atom. The number of aliphatic hydroxyl groups excluding tert-OH is 1. The minimum absolute atomic E-state index is 0.144. The van der Waals surface area contributed by atoms with E-state index in [0.717, 1.165) is 29.9 Å². The number of para-hydroxylation sites is 2. The minimum Gasteiger partial charge on any atom is -0.435 e. The van der Waals surface area contributed by atoms with Crippen molar-refractivity contribution in [3.8, 4) is 17.3 Å². The lowest BCUT2D eigenvalue weighted by atomic mass is 10.2. The van der Waals surface area contributed by atoms with Crippen LogP contribution >= 0.6 is 0 Å². The second-order valence-electron chi connectivity index (χ2n) is 8.97. The zero-order chi connectivity index (χ0) is 24.5. The van der Waals surface area contributed by atoms with Gasteiger partial charge in [-0.2, -0.15) is 5.10 Å². The van der Waals surface area contributed by atoms with Crippen LogP contribution in [0.25, 0.3) is 5.69 Å². The first-order valence-corrected chi connectivity index (χ1v) is 11.9. The highest BCUT2D eigenvalue weighted by Gasteiger charge is 2.23. The molecule has 0 amide bonds. The summed E-state index contributed by atoms with van der Waals surface area (Å²) < 4.78 is 27.9. The lowest BCUT2D eigenvalue weighted by molar-refractivity contribution is 0.00681. The van der Waals surface area contributed by atoms with Crippen molar-refractivity contribution in [2.45, 2.75) is 46.8 Å². The molecule has 1 heterocycles. The molecule has 3 rings (SSSR count). The summed E-state index contributed by atoms with van der Waals surface area (Å²) in [7, 11) is 0. The lowest BCUT2D eigenvalue weighted by Gasteiger charge is -2.25. The average Bonchev–Trinajstić information content (AvgIpc) is 3.11. The van der Waals surface area contributed by atoms with E-state index in [1.807, 2.05) is 37.3 Å². The molecular formula is C27H36FN3O3. The van der Waals surface area contributed by atoms with Gasteiger partial charge in [-0.05, 0) is 50.1 Å². The molecule has 0 aliphatic rings. The van der Waals surface area contributed by atoms with Gasteiger partial charge in [-0.3, -0.25) is 4.90 Å². The SMILES string of the molecule is CCCN(Cc1c(C)nn(-c2ccccc2)c1Oc1ccccc1F)C[C@H](O)COCC(C)C. The van der Waals surface area contributed by atoms with Crippen molar-refractivity contribution in [3.63, 3.8) is 0 Å². The highest BCUT2D eigenvalue weighted by molar-refractivity contribution is 5.43. The number of aromatic nitrogens is 2. The van der Waals surface area contributed by atoms with Crippen molar-refractivity contribution in [3.05, 3.63) is 71.7 Å². The summed E-state index contributed by atoms with van der Waals surface area (Å²) in [6.07, 6.45) is 0.320. The molecule has 0 saturated heterocycles. The van der Waals surface area contributed by atoms with Crippen molar-refractivity contribution < 1.29 is 19.0 Å². The van der Waals surface area contributed by atoms with E-state index >= 15 is 0 Å². The number of hydrogen-bond acceptors (Lipinski definition) is 5. The van der Waals surface area contributed by atoms with Gasteiger partial charge in [0, 0.05) is 19.7 Å².